The van der Waals surface area contributed by atoms with E-state index in [1.165, 1.54) is 10.5 Å². The average molecular weight is 383 g/mol. The van der Waals surface area contributed by atoms with Crippen LogP contribution in [0.15, 0.2) is 30.3 Å². The number of hydrogen-bond acceptors (Lipinski definition) is 4. The number of carboxylic acids is 1. The van der Waals surface area contributed by atoms with Gasteiger partial charge in [-0.15, -0.1) is 10.2 Å². The van der Waals surface area contributed by atoms with Crippen molar-refractivity contribution < 1.29 is 14.7 Å². The number of carbonyl (C=O) groups excluding carboxylic acids is 1. The summed E-state index contributed by atoms with van der Waals surface area (Å²) in [7, 11) is 0. The lowest BCUT2D eigenvalue weighted by atomic mass is 9.90. The Morgan fingerprint density at radius 3 is 2.54 bits per heavy atom. The number of rotatable bonds is 3. The highest BCUT2D eigenvalue weighted by atomic mass is 16.4. The molecular formula is C20H25N5O3. The van der Waals surface area contributed by atoms with Crippen molar-refractivity contribution in [3.8, 4) is 0 Å². The number of likely N-dealkylation sites (tertiary alicyclic amines) is 1. The van der Waals surface area contributed by atoms with Crippen LogP contribution in [0.25, 0.3) is 0 Å². The number of carboxylic acid groups (broad SMARTS) is 1. The van der Waals surface area contributed by atoms with E-state index in [0.29, 0.717) is 30.7 Å². The van der Waals surface area contributed by atoms with Gasteiger partial charge in [-0.1, -0.05) is 30.3 Å². The molecule has 0 radical (unpaired) electrons. The molecule has 8 nitrogen and oxygen atoms in total. The van der Waals surface area contributed by atoms with Gasteiger partial charge >= 0.3 is 12.0 Å². The van der Waals surface area contributed by atoms with E-state index in [-0.39, 0.29) is 19.1 Å². The van der Waals surface area contributed by atoms with E-state index in [2.05, 4.69) is 34.5 Å². The third-order valence-electron chi connectivity index (χ3n) is 5.84. The molecule has 0 spiro atoms. The molecule has 0 bridgehead atoms. The van der Waals surface area contributed by atoms with E-state index >= 15 is 0 Å². The summed E-state index contributed by atoms with van der Waals surface area (Å²) in [5, 5.41) is 17.8. The van der Waals surface area contributed by atoms with Gasteiger partial charge in [-0.05, 0) is 37.7 Å². The van der Waals surface area contributed by atoms with Crippen LogP contribution in [0.1, 0.15) is 30.1 Å². The highest BCUT2D eigenvalue weighted by Crippen LogP contribution is 2.25. The Kier molecular flexibility index (Phi) is 5.02. The van der Waals surface area contributed by atoms with Crippen LogP contribution in [0, 0.1) is 12.8 Å². The Labute approximate surface area is 163 Å². The van der Waals surface area contributed by atoms with Gasteiger partial charge in [0.15, 0.2) is 5.82 Å². The van der Waals surface area contributed by atoms with Gasteiger partial charge < -0.3 is 19.5 Å². The number of aliphatic carboxylic acids is 1. The first kappa shape index (κ1) is 18.5. The summed E-state index contributed by atoms with van der Waals surface area (Å²) < 4.78 is 1.79. The molecule has 1 fully saturated rings. The van der Waals surface area contributed by atoms with Crippen molar-refractivity contribution in [2.24, 2.45) is 5.92 Å². The largest absolute Gasteiger partial charge is 0.480 e. The minimum atomic E-state index is -0.994. The number of urea groups is 1. The van der Waals surface area contributed by atoms with Gasteiger partial charge in [-0.3, -0.25) is 0 Å². The van der Waals surface area contributed by atoms with E-state index < -0.39 is 12.0 Å². The lowest BCUT2D eigenvalue weighted by Crippen LogP contribution is -2.56. The zero-order valence-electron chi connectivity index (χ0n) is 16.0. The molecule has 28 heavy (non-hydrogen) atoms. The van der Waals surface area contributed by atoms with Gasteiger partial charge in [0.1, 0.15) is 11.9 Å². The van der Waals surface area contributed by atoms with E-state index in [1.807, 2.05) is 6.07 Å². The molecule has 0 aliphatic carbocycles. The Morgan fingerprint density at radius 1 is 1.14 bits per heavy atom. The lowest BCUT2D eigenvalue weighted by Gasteiger charge is -2.39. The molecule has 1 saturated heterocycles. The molecule has 4 rings (SSSR count). The maximum Gasteiger partial charge on any atom is 0.328 e. The topological polar surface area (TPSA) is 91.6 Å². The molecule has 2 amide bonds. The number of aryl methyl sites for hydroxylation is 1. The highest BCUT2D eigenvalue weighted by Gasteiger charge is 2.39. The van der Waals surface area contributed by atoms with Gasteiger partial charge in [0, 0.05) is 13.1 Å². The van der Waals surface area contributed by atoms with Crippen LogP contribution < -0.4 is 0 Å². The first-order valence-corrected chi connectivity index (χ1v) is 9.74. The van der Waals surface area contributed by atoms with Gasteiger partial charge in [0.25, 0.3) is 0 Å². The van der Waals surface area contributed by atoms with E-state index in [0.717, 1.165) is 19.3 Å². The van der Waals surface area contributed by atoms with Crippen molar-refractivity contribution in [3.63, 3.8) is 0 Å². The summed E-state index contributed by atoms with van der Waals surface area (Å²) in [6.45, 7) is 3.49. The molecule has 1 aromatic heterocycles. The maximum atomic E-state index is 13.1. The number of hydrogen-bond donors (Lipinski definition) is 1. The molecule has 2 aliphatic rings. The summed E-state index contributed by atoms with van der Waals surface area (Å²) in [6.07, 6.45) is 2.88. The third-order valence-corrected chi connectivity index (χ3v) is 5.84. The smallest absolute Gasteiger partial charge is 0.328 e. The van der Waals surface area contributed by atoms with Crippen LogP contribution in [0.2, 0.25) is 0 Å². The number of nitrogens with zero attached hydrogens (tertiary/aromatic N) is 5. The SMILES string of the molecule is Cc1nnc2n1CC(C(=O)O)N(C(=O)N1CCC(Cc3ccccc3)CC1)C2. The predicted octanol–water partition coefficient (Wildman–Crippen LogP) is 1.93. The van der Waals surface area contributed by atoms with E-state index in [4.69, 9.17) is 0 Å². The number of carbonyl (C=O) groups is 2. The Hall–Kier alpha value is -2.90. The second-order valence-corrected chi connectivity index (χ2v) is 7.66. The van der Waals surface area contributed by atoms with Crippen molar-refractivity contribution in [1.82, 2.24) is 24.6 Å². The molecule has 2 aliphatic heterocycles. The number of aromatic nitrogens is 3. The Morgan fingerprint density at radius 2 is 1.86 bits per heavy atom. The lowest BCUT2D eigenvalue weighted by molar-refractivity contribution is -0.143. The zero-order valence-corrected chi connectivity index (χ0v) is 16.0. The summed E-state index contributed by atoms with van der Waals surface area (Å²) in [5.74, 6) is 0.872. The quantitative estimate of drug-likeness (QED) is 0.874. The molecule has 0 saturated carbocycles. The van der Waals surface area contributed by atoms with E-state index in [9.17, 15) is 14.7 Å². The molecule has 148 valence electrons. The van der Waals surface area contributed by atoms with Crippen molar-refractivity contribution in [3.05, 3.63) is 47.5 Å². The zero-order chi connectivity index (χ0) is 19.7. The number of amides is 2. The van der Waals surface area contributed by atoms with Crippen LogP contribution >= 0.6 is 0 Å². The second kappa shape index (κ2) is 7.61. The minimum absolute atomic E-state index is 0.181. The highest BCUT2D eigenvalue weighted by molar-refractivity contribution is 5.83. The van der Waals surface area contributed by atoms with Crippen molar-refractivity contribution >= 4 is 12.0 Å². The van der Waals surface area contributed by atoms with Crippen LogP contribution in [0.4, 0.5) is 4.79 Å². The van der Waals surface area contributed by atoms with Gasteiger partial charge in [-0.25, -0.2) is 9.59 Å². The Bertz CT molecular complexity index is 858. The van der Waals surface area contributed by atoms with Gasteiger partial charge in [0.2, 0.25) is 0 Å². The second-order valence-electron chi connectivity index (χ2n) is 7.66. The normalized spacial score (nSPS) is 20.1. The molecule has 3 heterocycles. The monoisotopic (exact) mass is 383 g/mol. The van der Waals surface area contributed by atoms with Crippen molar-refractivity contribution in [2.45, 2.75) is 45.3 Å². The van der Waals surface area contributed by atoms with Crippen LogP contribution in [0.3, 0.4) is 0 Å². The number of benzene rings is 1. The summed E-state index contributed by atoms with van der Waals surface area (Å²) >= 11 is 0. The summed E-state index contributed by atoms with van der Waals surface area (Å²) in [6, 6.07) is 9.30. The fourth-order valence-corrected chi connectivity index (χ4v) is 4.18. The van der Waals surface area contributed by atoms with Gasteiger partial charge in [0.05, 0.1) is 13.1 Å². The maximum absolute atomic E-state index is 13.1. The molecule has 1 N–H and O–H groups in total. The minimum Gasteiger partial charge on any atom is -0.480 e. The fourth-order valence-electron chi connectivity index (χ4n) is 4.18. The molecule has 1 atom stereocenters. The fraction of sp³-hybridized carbons (Fsp3) is 0.500. The third kappa shape index (κ3) is 3.58. The van der Waals surface area contributed by atoms with Crippen LogP contribution in [-0.4, -0.2) is 60.8 Å². The van der Waals surface area contributed by atoms with Crippen LogP contribution in [0.5, 0.6) is 0 Å². The van der Waals surface area contributed by atoms with Gasteiger partial charge in [-0.2, -0.15) is 0 Å². The first-order valence-electron chi connectivity index (χ1n) is 9.74. The van der Waals surface area contributed by atoms with Crippen molar-refractivity contribution in [2.75, 3.05) is 13.1 Å². The molecule has 1 aromatic carbocycles. The predicted molar refractivity (Wildman–Crippen MR) is 102 cm³/mol. The van der Waals surface area contributed by atoms with Crippen molar-refractivity contribution in [1.29, 1.82) is 0 Å². The molecular weight excluding hydrogens is 358 g/mol. The standard InChI is InChI=1S/C20H25N5O3/c1-14-21-22-18-13-25(17(19(26)27)12-24(14)18)20(28)23-9-7-16(8-10-23)11-15-5-3-2-4-6-15/h2-6,16-17H,7-13H2,1H3,(H,26,27). The summed E-state index contributed by atoms with van der Waals surface area (Å²) in [4.78, 5) is 28.1. The van der Waals surface area contributed by atoms with Crippen LogP contribution in [-0.2, 0) is 24.3 Å². The number of piperidine rings is 1. The number of fused-ring (bicyclic) bond motifs is 1. The van der Waals surface area contributed by atoms with E-state index in [1.54, 1.807) is 16.4 Å². The average Bonchev–Trinajstić information content (AvgIpc) is 3.08. The summed E-state index contributed by atoms with van der Waals surface area (Å²) in [5.41, 5.74) is 1.32. The molecule has 1 unspecified atom stereocenters. The first-order chi connectivity index (χ1) is 13.5. The Balaban J connectivity index is 1.41. The molecule has 8 heteroatoms. The molecule has 2 aromatic rings.